The topological polar surface area (TPSA) is 53.9 Å². The van der Waals surface area contributed by atoms with E-state index in [4.69, 9.17) is 4.74 Å². The second-order valence-corrected chi connectivity index (χ2v) is 10.9. The highest BCUT2D eigenvalue weighted by molar-refractivity contribution is 14.1. The van der Waals surface area contributed by atoms with E-state index in [0.29, 0.717) is 16.7 Å². The summed E-state index contributed by atoms with van der Waals surface area (Å²) in [6.45, 7) is 10.6. The van der Waals surface area contributed by atoms with E-state index in [0.717, 1.165) is 46.9 Å². The fraction of sp³-hybridized carbons (Fsp3) is 0.241. The number of carbonyl (C=O) groups excluding carboxylic acids is 1. The molecule has 1 aliphatic heterocycles. The minimum absolute atomic E-state index is 0.153. The van der Waals surface area contributed by atoms with E-state index in [-0.39, 0.29) is 5.91 Å². The van der Waals surface area contributed by atoms with E-state index >= 15 is 0 Å². The molecule has 0 saturated carbocycles. The molecule has 36 heavy (non-hydrogen) atoms. The van der Waals surface area contributed by atoms with E-state index in [1.807, 2.05) is 31.2 Å². The standard InChI is InChI=1S/C29H30IN3O2S/c1-5-33(6-2)24-13-10-22(26(17-24)35-18-21-8-11-23(30)12-9-21)16-27-28(34)32-29(36-27)31-25-14-7-19(3)15-20(25)4/h7-17H,5-6,18H2,1-4H3,(H,31,32,34)/b27-16-. The number of ether oxygens (including phenoxy) is 1. The summed E-state index contributed by atoms with van der Waals surface area (Å²) in [6.07, 6.45) is 1.89. The van der Waals surface area contributed by atoms with Gasteiger partial charge in [0.05, 0.1) is 10.6 Å². The molecule has 0 unspecified atom stereocenters. The molecule has 0 spiro atoms. The number of amides is 1. The average molecular weight is 612 g/mol. The monoisotopic (exact) mass is 611 g/mol. The van der Waals surface area contributed by atoms with Crippen molar-refractivity contribution in [3.63, 3.8) is 0 Å². The van der Waals surface area contributed by atoms with Gasteiger partial charge in [0.15, 0.2) is 5.17 Å². The van der Waals surface area contributed by atoms with Gasteiger partial charge in [0.25, 0.3) is 5.91 Å². The summed E-state index contributed by atoms with van der Waals surface area (Å²) in [5, 5.41) is 3.48. The van der Waals surface area contributed by atoms with Gasteiger partial charge in [-0.3, -0.25) is 4.79 Å². The number of rotatable bonds is 8. The van der Waals surface area contributed by atoms with Gasteiger partial charge in [0.2, 0.25) is 0 Å². The van der Waals surface area contributed by atoms with Gasteiger partial charge >= 0.3 is 0 Å². The number of halogens is 1. The molecule has 4 rings (SSSR count). The van der Waals surface area contributed by atoms with Crippen molar-refractivity contribution >= 4 is 62.9 Å². The smallest absolute Gasteiger partial charge is 0.264 e. The molecular formula is C29H30IN3O2S. The van der Waals surface area contributed by atoms with Crippen LogP contribution in [0.25, 0.3) is 6.08 Å². The van der Waals surface area contributed by atoms with Crippen LogP contribution in [0.15, 0.2) is 70.6 Å². The van der Waals surface area contributed by atoms with Gasteiger partial charge in [-0.25, -0.2) is 4.99 Å². The third-order valence-electron chi connectivity index (χ3n) is 5.95. The highest BCUT2D eigenvalue weighted by Gasteiger charge is 2.24. The number of carbonyl (C=O) groups is 1. The maximum Gasteiger partial charge on any atom is 0.264 e. The number of hydrogen-bond acceptors (Lipinski definition) is 5. The van der Waals surface area contributed by atoms with Gasteiger partial charge in [-0.05, 0) is 110 Å². The number of nitrogens with one attached hydrogen (secondary N) is 1. The van der Waals surface area contributed by atoms with Crippen molar-refractivity contribution in [1.82, 2.24) is 5.32 Å². The van der Waals surface area contributed by atoms with Gasteiger partial charge in [0.1, 0.15) is 12.4 Å². The Morgan fingerprint density at radius 2 is 1.78 bits per heavy atom. The molecule has 3 aromatic carbocycles. The first-order valence-electron chi connectivity index (χ1n) is 12.0. The van der Waals surface area contributed by atoms with Crippen LogP contribution in [-0.2, 0) is 11.4 Å². The summed E-state index contributed by atoms with van der Waals surface area (Å²) < 4.78 is 7.48. The number of thioether (sulfide) groups is 1. The molecule has 1 N–H and O–H groups in total. The Bertz CT molecular complexity index is 1310. The van der Waals surface area contributed by atoms with Crippen molar-refractivity contribution in [2.45, 2.75) is 34.3 Å². The van der Waals surface area contributed by atoms with Crippen LogP contribution in [0.1, 0.15) is 36.1 Å². The van der Waals surface area contributed by atoms with Crippen molar-refractivity contribution in [3.8, 4) is 5.75 Å². The number of nitrogens with zero attached hydrogens (tertiary/aromatic N) is 2. The van der Waals surface area contributed by atoms with Crippen LogP contribution in [0.2, 0.25) is 0 Å². The maximum atomic E-state index is 12.8. The van der Waals surface area contributed by atoms with Crippen molar-refractivity contribution in [2.75, 3.05) is 18.0 Å². The van der Waals surface area contributed by atoms with Crippen LogP contribution in [0, 0.1) is 17.4 Å². The first-order chi connectivity index (χ1) is 17.4. The lowest BCUT2D eigenvalue weighted by molar-refractivity contribution is -0.115. The highest BCUT2D eigenvalue weighted by atomic mass is 127. The zero-order chi connectivity index (χ0) is 25.7. The largest absolute Gasteiger partial charge is 0.488 e. The van der Waals surface area contributed by atoms with Gasteiger partial charge in [-0.15, -0.1) is 0 Å². The van der Waals surface area contributed by atoms with Crippen LogP contribution >= 0.6 is 34.4 Å². The van der Waals surface area contributed by atoms with Gasteiger partial charge in [-0.1, -0.05) is 29.8 Å². The lowest BCUT2D eigenvalue weighted by Gasteiger charge is -2.22. The summed E-state index contributed by atoms with van der Waals surface area (Å²) >= 11 is 3.65. The lowest BCUT2D eigenvalue weighted by Crippen LogP contribution is -2.21. The number of aliphatic imine (C=N–C) groups is 1. The highest BCUT2D eigenvalue weighted by Crippen LogP contribution is 2.33. The Kier molecular flexibility index (Phi) is 8.74. The Labute approximate surface area is 231 Å². The normalized spacial score (nSPS) is 15.4. The molecule has 7 heteroatoms. The molecule has 3 aromatic rings. The molecule has 1 amide bonds. The summed E-state index contributed by atoms with van der Waals surface area (Å²) in [6, 6.07) is 20.6. The fourth-order valence-corrected chi connectivity index (χ4v) is 5.14. The quantitative estimate of drug-likeness (QED) is 0.216. The number of benzene rings is 3. The van der Waals surface area contributed by atoms with Crippen LogP contribution in [-0.4, -0.2) is 24.2 Å². The molecule has 186 valence electrons. The first-order valence-corrected chi connectivity index (χ1v) is 13.9. The third kappa shape index (κ3) is 6.50. The summed E-state index contributed by atoms with van der Waals surface area (Å²) in [5.41, 5.74) is 6.18. The molecular weight excluding hydrogens is 581 g/mol. The van der Waals surface area contributed by atoms with Gasteiger partial charge < -0.3 is 15.0 Å². The van der Waals surface area contributed by atoms with Crippen molar-refractivity contribution in [2.24, 2.45) is 4.99 Å². The Morgan fingerprint density at radius 3 is 2.47 bits per heavy atom. The van der Waals surface area contributed by atoms with Crippen LogP contribution < -0.4 is 15.0 Å². The molecule has 1 saturated heterocycles. The van der Waals surface area contributed by atoms with Crippen molar-refractivity contribution in [1.29, 1.82) is 0 Å². The second-order valence-electron chi connectivity index (χ2n) is 8.58. The summed E-state index contributed by atoms with van der Waals surface area (Å²) in [4.78, 5) is 20.3. The first kappa shape index (κ1) is 26.3. The average Bonchev–Trinajstić information content (AvgIpc) is 3.21. The maximum absolute atomic E-state index is 12.8. The third-order valence-corrected chi connectivity index (χ3v) is 7.57. The predicted octanol–water partition coefficient (Wildman–Crippen LogP) is 7.22. The molecule has 0 atom stereocenters. The number of amidine groups is 1. The van der Waals surface area contributed by atoms with Crippen LogP contribution in [0.5, 0.6) is 5.75 Å². The van der Waals surface area contributed by atoms with E-state index in [9.17, 15) is 4.79 Å². The minimum Gasteiger partial charge on any atom is -0.488 e. The fourth-order valence-electron chi connectivity index (χ4n) is 3.96. The van der Waals surface area contributed by atoms with E-state index in [1.54, 1.807) is 0 Å². The summed E-state index contributed by atoms with van der Waals surface area (Å²) in [5.74, 6) is 0.596. The van der Waals surface area contributed by atoms with E-state index in [2.05, 4.69) is 101 Å². The molecule has 0 aliphatic carbocycles. The van der Waals surface area contributed by atoms with Crippen LogP contribution in [0.3, 0.4) is 0 Å². The molecule has 1 heterocycles. The van der Waals surface area contributed by atoms with Gasteiger partial charge in [-0.2, -0.15) is 0 Å². The number of aryl methyl sites for hydroxylation is 2. The Hall–Kier alpha value is -2.78. The Morgan fingerprint density at radius 1 is 1.03 bits per heavy atom. The van der Waals surface area contributed by atoms with Crippen molar-refractivity contribution < 1.29 is 9.53 Å². The molecule has 1 aliphatic rings. The summed E-state index contributed by atoms with van der Waals surface area (Å²) in [7, 11) is 0. The molecule has 0 aromatic heterocycles. The predicted molar refractivity (Wildman–Crippen MR) is 160 cm³/mol. The van der Waals surface area contributed by atoms with Crippen molar-refractivity contribution in [3.05, 3.63) is 91.4 Å². The zero-order valence-corrected chi connectivity index (χ0v) is 23.9. The number of hydrogen-bond donors (Lipinski definition) is 1. The van der Waals surface area contributed by atoms with Crippen LogP contribution in [0.4, 0.5) is 11.4 Å². The van der Waals surface area contributed by atoms with E-state index < -0.39 is 0 Å². The zero-order valence-electron chi connectivity index (χ0n) is 21.0. The SMILES string of the molecule is CCN(CC)c1ccc(/C=C2\SC(=Nc3ccc(C)cc3C)NC2=O)c(OCc2ccc(I)cc2)c1. The van der Waals surface area contributed by atoms with E-state index in [1.165, 1.54) is 20.9 Å². The second kappa shape index (κ2) is 12.0. The molecule has 0 radical (unpaired) electrons. The Balaban J connectivity index is 1.62. The van der Waals surface area contributed by atoms with Gasteiger partial charge in [0, 0.05) is 34.0 Å². The molecule has 1 fully saturated rings. The molecule has 5 nitrogen and oxygen atoms in total. The number of anilines is 1. The lowest BCUT2D eigenvalue weighted by atomic mass is 10.1. The minimum atomic E-state index is -0.153. The molecule has 0 bridgehead atoms.